The van der Waals surface area contributed by atoms with Gasteiger partial charge in [0.25, 0.3) is 5.91 Å². The molecule has 5 heterocycles. The summed E-state index contributed by atoms with van der Waals surface area (Å²) < 4.78 is 33.9. The van der Waals surface area contributed by atoms with E-state index in [-0.39, 0.29) is 24.7 Å². The summed E-state index contributed by atoms with van der Waals surface area (Å²) in [4.78, 5) is 29.6. The third-order valence-corrected chi connectivity index (χ3v) is 9.60. The second-order valence-corrected chi connectivity index (χ2v) is 13.3. The molecule has 2 aliphatic rings. The zero-order chi connectivity index (χ0) is 30.3. The number of amides is 1. The van der Waals surface area contributed by atoms with Crippen LogP contribution in [-0.2, 0) is 27.9 Å². The minimum atomic E-state index is -3.64. The molecule has 1 saturated heterocycles. The zero-order valence-corrected chi connectivity index (χ0v) is 25.5. The summed E-state index contributed by atoms with van der Waals surface area (Å²) in [7, 11) is -0.643. The van der Waals surface area contributed by atoms with Crippen molar-refractivity contribution in [3.05, 3.63) is 77.6 Å². The van der Waals surface area contributed by atoms with Crippen molar-refractivity contribution in [3.8, 4) is 11.4 Å². The third-order valence-electron chi connectivity index (χ3n) is 7.74. The number of benzene rings is 1. The summed E-state index contributed by atoms with van der Waals surface area (Å²) in [5.74, 6) is 0.585. The first-order chi connectivity index (χ1) is 20.6. The van der Waals surface area contributed by atoms with Crippen molar-refractivity contribution in [2.75, 3.05) is 42.9 Å². The summed E-state index contributed by atoms with van der Waals surface area (Å²) >= 11 is 0. The van der Waals surface area contributed by atoms with Crippen molar-refractivity contribution >= 4 is 38.5 Å². The second kappa shape index (κ2) is 11.5. The number of carbonyl (C=O) groups excluding carboxylic acids is 1. The lowest BCUT2D eigenvalue weighted by atomic mass is 10.1. The van der Waals surface area contributed by atoms with E-state index in [1.807, 2.05) is 42.5 Å². The molecule has 0 saturated carbocycles. The lowest BCUT2D eigenvalue weighted by Gasteiger charge is -2.36. The summed E-state index contributed by atoms with van der Waals surface area (Å²) in [6, 6.07) is 16.9. The molecule has 2 aliphatic heterocycles. The molecule has 3 aromatic heterocycles. The number of fused-ring (bicyclic) bond motifs is 2. The monoisotopic (exact) mass is 601 g/mol. The van der Waals surface area contributed by atoms with Gasteiger partial charge in [-0.05, 0) is 68.3 Å². The van der Waals surface area contributed by atoms with Crippen molar-refractivity contribution in [1.29, 1.82) is 0 Å². The summed E-state index contributed by atoms with van der Waals surface area (Å²) in [5.41, 5.74) is 4.75. The minimum Gasteiger partial charge on any atom is -0.372 e. The molecule has 0 aliphatic carbocycles. The van der Waals surface area contributed by atoms with Crippen molar-refractivity contribution in [3.63, 3.8) is 0 Å². The quantitative estimate of drug-likeness (QED) is 0.342. The number of hydrogen-bond acceptors (Lipinski definition) is 8. The van der Waals surface area contributed by atoms with Crippen LogP contribution in [0.5, 0.6) is 0 Å². The van der Waals surface area contributed by atoms with Gasteiger partial charge in [-0.3, -0.25) is 14.1 Å². The minimum absolute atomic E-state index is 0.135. The fourth-order valence-electron chi connectivity index (χ4n) is 5.61. The van der Waals surface area contributed by atoms with Crippen molar-refractivity contribution in [2.24, 2.45) is 0 Å². The van der Waals surface area contributed by atoms with Crippen LogP contribution in [0.2, 0.25) is 0 Å². The normalized spacial score (nSPS) is 18.7. The standard InChI is InChI=1S/C31H35N7O4S/c1-20-18-37(19-21(2)42-20)30-7-5-6-26(35-30)27-11-10-24-16-32-25(15-28(24)34-27)17-33-31(39)23-9-8-22-12-13-38(29(22)14-23)43(40,41)36(3)4/h5-11,14-16,20-21H,12-13,17-19H2,1-4H3,(H,33,39)/t20-,21+. The molecule has 4 aromatic rings. The van der Waals surface area contributed by atoms with Crippen LogP contribution in [0.1, 0.15) is 35.5 Å². The highest BCUT2D eigenvalue weighted by Gasteiger charge is 2.31. The van der Waals surface area contributed by atoms with Gasteiger partial charge < -0.3 is 15.0 Å². The first kappa shape index (κ1) is 29.0. The van der Waals surface area contributed by atoms with Crippen LogP contribution in [0.4, 0.5) is 11.5 Å². The predicted molar refractivity (Wildman–Crippen MR) is 166 cm³/mol. The largest absolute Gasteiger partial charge is 0.372 e. The Morgan fingerprint density at radius 3 is 2.56 bits per heavy atom. The molecule has 1 N–H and O–H groups in total. The average Bonchev–Trinajstić information content (AvgIpc) is 3.43. The van der Waals surface area contributed by atoms with E-state index in [1.54, 1.807) is 18.3 Å². The van der Waals surface area contributed by atoms with Gasteiger partial charge in [-0.15, -0.1) is 0 Å². The van der Waals surface area contributed by atoms with E-state index in [0.29, 0.717) is 29.9 Å². The number of nitrogens with one attached hydrogen (secondary N) is 1. The summed E-state index contributed by atoms with van der Waals surface area (Å²) in [6.07, 6.45) is 2.62. The van der Waals surface area contributed by atoms with Crippen LogP contribution in [0.3, 0.4) is 0 Å². The molecule has 6 rings (SSSR count). The van der Waals surface area contributed by atoms with E-state index in [9.17, 15) is 13.2 Å². The molecule has 0 unspecified atom stereocenters. The number of aromatic nitrogens is 3. The van der Waals surface area contributed by atoms with Gasteiger partial charge >= 0.3 is 10.2 Å². The Bertz CT molecular complexity index is 1790. The lowest BCUT2D eigenvalue weighted by molar-refractivity contribution is -0.00545. The Balaban J connectivity index is 1.18. The van der Waals surface area contributed by atoms with Crippen molar-refractivity contribution in [1.82, 2.24) is 24.6 Å². The van der Waals surface area contributed by atoms with E-state index in [4.69, 9.17) is 14.7 Å². The highest BCUT2D eigenvalue weighted by atomic mass is 32.2. The van der Waals surface area contributed by atoms with Crippen LogP contribution in [0, 0.1) is 0 Å². The van der Waals surface area contributed by atoms with Crippen LogP contribution in [0.25, 0.3) is 22.3 Å². The van der Waals surface area contributed by atoms with Gasteiger partial charge in [-0.25, -0.2) is 9.97 Å². The van der Waals surface area contributed by atoms with Gasteiger partial charge in [0.15, 0.2) is 0 Å². The second-order valence-electron chi connectivity index (χ2n) is 11.2. The lowest BCUT2D eigenvalue weighted by Crippen LogP contribution is -2.45. The average molecular weight is 602 g/mol. The van der Waals surface area contributed by atoms with Gasteiger partial charge in [-0.2, -0.15) is 12.7 Å². The van der Waals surface area contributed by atoms with E-state index < -0.39 is 10.2 Å². The number of morpholine rings is 1. The fourth-order valence-corrected chi connectivity index (χ4v) is 6.74. The zero-order valence-electron chi connectivity index (χ0n) is 24.7. The Labute approximate surface area is 251 Å². The highest BCUT2D eigenvalue weighted by Crippen LogP contribution is 2.32. The van der Waals surface area contributed by atoms with E-state index >= 15 is 0 Å². The van der Waals surface area contributed by atoms with Gasteiger partial charge in [0.1, 0.15) is 5.82 Å². The number of pyridine rings is 3. The molecule has 1 amide bonds. The molecule has 1 aromatic carbocycles. The predicted octanol–water partition coefficient (Wildman–Crippen LogP) is 3.40. The SMILES string of the molecule is C[C@@H]1CN(c2cccc(-c3ccc4cnc(CNC(=O)c5ccc6c(c5)N(S(=O)(=O)N(C)C)CC6)cc4n3)n2)C[C@H](C)O1. The Morgan fingerprint density at radius 1 is 1.02 bits per heavy atom. The smallest absolute Gasteiger partial charge is 0.303 e. The number of nitrogens with zero attached hydrogens (tertiary/aromatic N) is 6. The molecular formula is C31H35N7O4S. The molecule has 43 heavy (non-hydrogen) atoms. The Hall–Kier alpha value is -4.13. The van der Waals surface area contributed by atoms with Gasteiger partial charge in [0.05, 0.1) is 47.0 Å². The number of ether oxygens (including phenoxy) is 1. The topological polar surface area (TPSA) is 121 Å². The molecular weight excluding hydrogens is 566 g/mol. The first-order valence-corrected chi connectivity index (χ1v) is 15.7. The third kappa shape index (κ3) is 5.90. The maximum Gasteiger partial charge on any atom is 0.303 e. The van der Waals surface area contributed by atoms with Crippen LogP contribution >= 0.6 is 0 Å². The molecule has 0 spiro atoms. The Morgan fingerprint density at radius 2 is 1.79 bits per heavy atom. The van der Waals surface area contributed by atoms with Crippen molar-refractivity contribution < 1.29 is 17.9 Å². The van der Waals surface area contributed by atoms with Gasteiger partial charge in [0, 0.05) is 50.9 Å². The maximum absolute atomic E-state index is 13.1. The molecule has 11 nitrogen and oxygen atoms in total. The maximum atomic E-state index is 13.1. The fraction of sp³-hybridized carbons (Fsp3) is 0.355. The molecule has 0 radical (unpaired) electrons. The molecule has 2 atom stereocenters. The van der Waals surface area contributed by atoms with Gasteiger partial charge in [-0.1, -0.05) is 12.1 Å². The molecule has 0 bridgehead atoms. The summed E-state index contributed by atoms with van der Waals surface area (Å²) in [6.45, 7) is 6.26. The number of hydrogen-bond donors (Lipinski definition) is 1. The molecule has 1 fully saturated rings. The van der Waals surface area contributed by atoms with Gasteiger partial charge in [0.2, 0.25) is 0 Å². The highest BCUT2D eigenvalue weighted by molar-refractivity contribution is 7.90. The number of carbonyl (C=O) groups is 1. The first-order valence-electron chi connectivity index (χ1n) is 14.3. The Kier molecular flexibility index (Phi) is 7.75. The van der Waals surface area contributed by atoms with E-state index in [1.165, 1.54) is 22.7 Å². The molecule has 12 heteroatoms. The van der Waals surface area contributed by atoms with Crippen LogP contribution in [0.15, 0.2) is 60.8 Å². The number of rotatable bonds is 7. The summed E-state index contributed by atoms with van der Waals surface area (Å²) in [5, 5.41) is 3.79. The van der Waals surface area contributed by atoms with E-state index in [2.05, 4.69) is 29.0 Å². The van der Waals surface area contributed by atoms with Crippen molar-refractivity contribution in [2.45, 2.75) is 39.0 Å². The van der Waals surface area contributed by atoms with E-state index in [0.717, 1.165) is 46.8 Å². The number of anilines is 2. The van der Waals surface area contributed by atoms with Crippen LogP contribution < -0.4 is 14.5 Å². The van der Waals surface area contributed by atoms with Crippen LogP contribution in [-0.4, -0.2) is 79.5 Å². The molecule has 224 valence electrons.